The first-order valence-corrected chi connectivity index (χ1v) is 6.85. The maximum absolute atomic E-state index is 5.35. The molecule has 0 saturated carbocycles. The third-order valence-electron chi connectivity index (χ3n) is 3.21. The summed E-state index contributed by atoms with van der Waals surface area (Å²) in [4.78, 5) is 0. The summed E-state index contributed by atoms with van der Waals surface area (Å²) in [6.45, 7) is 1.91. The van der Waals surface area contributed by atoms with Crippen molar-refractivity contribution in [3.8, 4) is 17.2 Å². The molecule has 0 spiro atoms. The van der Waals surface area contributed by atoms with E-state index in [-0.39, 0.29) is 0 Å². The highest BCUT2D eigenvalue weighted by Crippen LogP contribution is 2.38. The molecule has 0 aliphatic heterocycles. The van der Waals surface area contributed by atoms with Crippen molar-refractivity contribution in [2.45, 2.75) is 6.92 Å². The smallest absolute Gasteiger partial charge is 0.203 e. The number of methoxy groups -OCH3 is 3. The predicted molar refractivity (Wildman–Crippen MR) is 88.4 cm³/mol. The van der Waals surface area contributed by atoms with E-state index in [0.717, 1.165) is 17.0 Å². The van der Waals surface area contributed by atoms with Crippen LogP contribution < -0.4 is 19.6 Å². The number of anilines is 1. The molecular formula is C17H20N2O3. The van der Waals surface area contributed by atoms with Gasteiger partial charge in [-0.25, -0.2) is 0 Å². The molecule has 0 unspecified atom stereocenters. The normalized spacial score (nSPS) is 11.0. The van der Waals surface area contributed by atoms with E-state index in [9.17, 15) is 0 Å². The van der Waals surface area contributed by atoms with E-state index in [1.165, 1.54) is 0 Å². The lowest BCUT2D eigenvalue weighted by atomic mass is 10.1. The van der Waals surface area contributed by atoms with E-state index in [2.05, 4.69) is 10.5 Å². The van der Waals surface area contributed by atoms with E-state index in [4.69, 9.17) is 14.2 Å². The van der Waals surface area contributed by atoms with Crippen LogP contribution in [0, 0.1) is 0 Å². The van der Waals surface area contributed by atoms with Gasteiger partial charge in [0.25, 0.3) is 0 Å². The summed E-state index contributed by atoms with van der Waals surface area (Å²) in [5, 5.41) is 4.39. The molecule has 2 aromatic carbocycles. The second kappa shape index (κ2) is 7.36. The van der Waals surface area contributed by atoms with Gasteiger partial charge in [-0.2, -0.15) is 5.10 Å². The molecule has 0 amide bonds. The molecule has 2 rings (SSSR count). The molecule has 5 heteroatoms. The molecule has 0 bridgehead atoms. The van der Waals surface area contributed by atoms with Crippen LogP contribution in [-0.2, 0) is 0 Å². The molecule has 0 fully saturated rings. The summed E-state index contributed by atoms with van der Waals surface area (Å²) in [6, 6.07) is 13.5. The molecule has 0 atom stereocenters. The van der Waals surface area contributed by atoms with Gasteiger partial charge in [-0.15, -0.1) is 0 Å². The lowest BCUT2D eigenvalue weighted by Crippen LogP contribution is -2.03. The first-order valence-electron chi connectivity index (χ1n) is 6.85. The van der Waals surface area contributed by atoms with Gasteiger partial charge in [0, 0.05) is 5.56 Å². The predicted octanol–water partition coefficient (Wildman–Crippen LogP) is 3.55. The van der Waals surface area contributed by atoms with Gasteiger partial charge in [0.05, 0.1) is 32.7 Å². The van der Waals surface area contributed by atoms with E-state index in [0.29, 0.717) is 17.2 Å². The molecule has 0 aliphatic rings. The van der Waals surface area contributed by atoms with Gasteiger partial charge in [0.1, 0.15) is 0 Å². The summed E-state index contributed by atoms with van der Waals surface area (Å²) in [5.41, 5.74) is 5.64. The number of benzene rings is 2. The molecule has 0 radical (unpaired) electrons. The SMILES string of the molecule is COc1cc(/C(C)=N/Nc2ccccc2)cc(OC)c1OC. The van der Waals surface area contributed by atoms with Gasteiger partial charge < -0.3 is 14.2 Å². The van der Waals surface area contributed by atoms with Crippen molar-refractivity contribution in [2.75, 3.05) is 26.8 Å². The van der Waals surface area contributed by atoms with Gasteiger partial charge in [0.15, 0.2) is 11.5 Å². The van der Waals surface area contributed by atoms with Gasteiger partial charge in [0.2, 0.25) is 5.75 Å². The zero-order valence-electron chi connectivity index (χ0n) is 13.2. The van der Waals surface area contributed by atoms with Gasteiger partial charge >= 0.3 is 0 Å². The molecule has 5 nitrogen and oxygen atoms in total. The van der Waals surface area contributed by atoms with Crippen LogP contribution in [0.3, 0.4) is 0 Å². The first-order chi connectivity index (χ1) is 10.7. The van der Waals surface area contributed by atoms with Gasteiger partial charge in [-0.3, -0.25) is 5.43 Å². The molecule has 0 aromatic heterocycles. The number of hydrogen-bond donors (Lipinski definition) is 1. The Morgan fingerprint density at radius 2 is 1.50 bits per heavy atom. The monoisotopic (exact) mass is 300 g/mol. The number of nitrogens with one attached hydrogen (secondary N) is 1. The van der Waals surface area contributed by atoms with Crippen LogP contribution in [0.15, 0.2) is 47.6 Å². The number of hydrogen-bond acceptors (Lipinski definition) is 5. The third kappa shape index (κ3) is 3.49. The van der Waals surface area contributed by atoms with Gasteiger partial charge in [-0.05, 0) is 31.2 Å². The third-order valence-corrected chi connectivity index (χ3v) is 3.21. The Hall–Kier alpha value is -2.69. The number of rotatable bonds is 6. The Balaban J connectivity index is 2.31. The molecule has 22 heavy (non-hydrogen) atoms. The maximum Gasteiger partial charge on any atom is 0.203 e. The Kier molecular flexibility index (Phi) is 5.25. The molecule has 0 aliphatic carbocycles. The molecular weight excluding hydrogens is 280 g/mol. The molecule has 0 heterocycles. The van der Waals surface area contributed by atoms with Crippen LogP contribution >= 0.6 is 0 Å². The van der Waals surface area contributed by atoms with Gasteiger partial charge in [-0.1, -0.05) is 18.2 Å². The van der Waals surface area contributed by atoms with Crippen molar-refractivity contribution in [3.63, 3.8) is 0 Å². The number of para-hydroxylation sites is 1. The highest BCUT2D eigenvalue weighted by molar-refractivity contribution is 6.00. The summed E-state index contributed by atoms with van der Waals surface area (Å²) in [6.07, 6.45) is 0. The second-order valence-electron chi connectivity index (χ2n) is 4.59. The number of hydrazone groups is 1. The quantitative estimate of drug-likeness (QED) is 0.655. The fraction of sp³-hybridized carbons (Fsp3) is 0.235. The minimum Gasteiger partial charge on any atom is -0.493 e. The maximum atomic E-state index is 5.35. The standard InChI is InChI=1S/C17H20N2O3/c1-12(18-19-14-8-6-5-7-9-14)13-10-15(20-2)17(22-4)16(11-13)21-3/h5-11,19H,1-4H3/b18-12+. The van der Waals surface area contributed by atoms with Crippen molar-refractivity contribution in [1.82, 2.24) is 0 Å². The average Bonchev–Trinajstić information content (AvgIpc) is 2.59. The summed E-state index contributed by atoms with van der Waals surface area (Å²) < 4.78 is 16.0. The van der Waals surface area contributed by atoms with Crippen molar-refractivity contribution in [2.24, 2.45) is 5.10 Å². The van der Waals surface area contributed by atoms with Crippen LogP contribution in [0.1, 0.15) is 12.5 Å². The highest BCUT2D eigenvalue weighted by atomic mass is 16.5. The fourth-order valence-corrected chi connectivity index (χ4v) is 2.02. The zero-order chi connectivity index (χ0) is 15.9. The van der Waals surface area contributed by atoms with Crippen LogP contribution in [-0.4, -0.2) is 27.0 Å². The fourth-order valence-electron chi connectivity index (χ4n) is 2.02. The van der Waals surface area contributed by atoms with E-state index >= 15 is 0 Å². The largest absolute Gasteiger partial charge is 0.493 e. The van der Waals surface area contributed by atoms with Crippen molar-refractivity contribution in [1.29, 1.82) is 0 Å². The van der Waals surface area contributed by atoms with E-state index in [1.807, 2.05) is 49.4 Å². The molecule has 0 saturated heterocycles. The molecule has 2 aromatic rings. The van der Waals surface area contributed by atoms with Crippen LogP contribution in [0.25, 0.3) is 0 Å². The molecule has 116 valence electrons. The van der Waals surface area contributed by atoms with Crippen LogP contribution in [0.2, 0.25) is 0 Å². The minimum absolute atomic E-state index is 0.567. The first kappa shape index (κ1) is 15.7. The summed E-state index contributed by atoms with van der Waals surface area (Å²) >= 11 is 0. The lowest BCUT2D eigenvalue weighted by molar-refractivity contribution is 0.324. The Morgan fingerprint density at radius 1 is 0.909 bits per heavy atom. The zero-order valence-corrected chi connectivity index (χ0v) is 13.2. The van der Waals surface area contributed by atoms with E-state index in [1.54, 1.807) is 21.3 Å². The van der Waals surface area contributed by atoms with E-state index < -0.39 is 0 Å². The van der Waals surface area contributed by atoms with Crippen LogP contribution in [0.4, 0.5) is 5.69 Å². The Morgan fingerprint density at radius 3 is 2.00 bits per heavy atom. The van der Waals surface area contributed by atoms with Crippen molar-refractivity contribution < 1.29 is 14.2 Å². The highest BCUT2D eigenvalue weighted by Gasteiger charge is 2.14. The van der Waals surface area contributed by atoms with Crippen molar-refractivity contribution in [3.05, 3.63) is 48.0 Å². The minimum atomic E-state index is 0.567. The number of nitrogens with zero attached hydrogens (tertiary/aromatic N) is 1. The lowest BCUT2D eigenvalue weighted by Gasteiger charge is -2.14. The second-order valence-corrected chi connectivity index (χ2v) is 4.59. The summed E-state index contributed by atoms with van der Waals surface area (Å²) in [5.74, 6) is 1.77. The Bertz CT molecular complexity index is 629. The summed E-state index contributed by atoms with van der Waals surface area (Å²) in [7, 11) is 4.77. The average molecular weight is 300 g/mol. The number of ether oxygens (including phenoxy) is 3. The van der Waals surface area contributed by atoms with Crippen molar-refractivity contribution >= 4 is 11.4 Å². The Labute approximate surface area is 130 Å². The van der Waals surface area contributed by atoms with Crippen LogP contribution in [0.5, 0.6) is 17.2 Å². The topological polar surface area (TPSA) is 52.1 Å². The molecule has 1 N–H and O–H groups in total.